The summed E-state index contributed by atoms with van der Waals surface area (Å²) in [7, 11) is 0. The third-order valence-electron chi connectivity index (χ3n) is 4.13. The Hall–Kier alpha value is -1.96. The molecule has 0 bridgehead atoms. The van der Waals surface area contributed by atoms with E-state index in [0.717, 1.165) is 37.6 Å². The van der Waals surface area contributed by atoms with Crippen molar-refractivity contribution in [3.8, 4) is 0 Å². The molecule has 1 amide bonds. The van der Waals surface area contributed by atoms with Crippen molar-refractivity contribution in [2.75, 3.05) is 44.2 Å². The molecule has 128 valence electrons. The van der Waals surface area contributed by atoms with Crippen molar-refractivity contribution in [3.05, 3.63) is 46.8 Å². The number of anilines is 1. The maximum atomic E-state index is 12.0. The summed E-state index contributed by atoms with van der Waals surface area (Å²) in [5.74, 6) is 0.941. The first-order valence-corrected chi connectivity index (χ1v) is 9.02. The summed E-state index contributed by atoms with van der Waals surface area (Å²) in [4.78, 5) is 20.8. The van der Waals surface area contributed by atoms with E-state index in [2.05, 4.69) is 20.1 Å². The molecule has 24 heavy (non-hydrogen) atoms. The number of aliphatic hydroxyl groups excluding tert-OH is 1. The van der Waals surface area contributed by atoms with Gasteiger partial charge in [-0.1, -0.05) is 6.07 Å². The first-order chi connectivity index (χ1) is 11.7. The van der Waals surface area contributed by atoms with Gasteiger partial charge in [-0.2, -0.15) is 11.3 Å². The van der Waals surface area contributed by atoms with Crippen molar-refractivity contribution in [1.29, 1.82) is 0 Å². The molecule has 0 radical (unpaired) electrons. The second-order valence-electron chi connectivity index (χ2n) is 5.83. The number of aromatic nitrogens is 1. The number of hydrogen-bond donors (Lipinski definition) is 2. The third kappa shape index (κ3) is 4.53. The van der Waals surface area contributed by atoms with Crippen molar-refractivity contribution in [2.45, 2.75) is 6.10 Å². The van der Waals surface area contributed by atoms with E-state index in [0.29, 0.717) is 6.54 Å². The lowest BCUT2D eigenvalue weighted by atomic mass is 10.2. The maximum absolute atomic E-state index is 12.0. The van der Waals surface area contributed by atoms with Crippen LogP contribution in [0.1, 0.15) is 11.7 Å². The molecular formula is C17H22N4O2S. The van der Waals surface area contributed by atoms with E-state index in [4.69, 9.17) is 0 Å². The van der Waals surface area contributed by atoms with Crippen LogP contribution in [0.3, 0.4) is 0 Å². The molecular weight excluding hydrogens is 324 g/mol. The van der Waals surface area contributed by atoms with Crippen LogP contribution < -0.4 is 10.2 Å². The number of amides is 1. The molecule has 1 aliphatic heterocycles. The van der Waals surface area contributed by atoms with Crippen molar-refractivity contribution >= 4 is 23.1 Å². The number of piperazine rings is 1. The van der Waals surface area contributed by atoms with Crippen molar-refractivity contribution in [2.24, 2.45) is 0 Å². The number of nitrogens with one attached hydrogen (secondary N) is 1. The average molecular weight is 346 g/mol. The summed E-state index contributed by atoms with van der Waals surface area (Å²) >= 11 is 1.54. The number of aliphatic hydroxyl groups is 1. The number of nitrogens with zero attached hydrogens (tertiary/aromatic N) is 3. The quantitative estimate of drug-likeness (QED) is 0.820. The third-order valence-corrected chi connectivity index (χ3v) is 4.83. The number of carbonyl (C=O) groups excluding carboxylic acids is 1. The minimum atomic E-state index is -0.638. The lowest BCUT2D eigenvalue weighted by molar-refractivity contribution is -0.122. The van der Waals surface area contributed by atoms with Crippen molar-refractivity contribution in [3.63, 3.8) is 0 Å². The van der Waals surface area contributed by atoms with Gasteiger partial charge in [-0.3, -0.25) is 9.69 Å². The van der Waals surface area contributed by atoms with E-state index in [-0.39, 0.29) is 12.5 Å². The molecule has 0 saturated carbocycles. The Morgan fingerprint density at radius 1 is 1.29 bits per heavy atom. The first-order valence-electron chi connectivity index (χ1n) is 8.07. The molecule has 1 aliphatic rings. The molecule has 3 rings (SSSR count). The van der Waals surface area contributed by atoms with Gasteiger partial charge in [0.15, 0.2) is 0 Å². The van der Waals surface area contributed by atoms with E-state index in [1.54, 1.807) is 6.20 Å². The zero-order chi connectivity index (χ0) is 16.8. The van der Waals surface area contributed by atoms with Gasteiger partial charge in [-0.05, 0) is 34.5 Å². The first kappa shape index (κ1) is 16.9. The van der Waals surface area contributed by atoms with E-state index in [1.165, 1.54) is 11.3 Å². The molecule has 1 atom stereocenters. The largest absolute Gasteiger partial charge is 0.387 e. The fourth-order valence-electron chi connectivity index (χ4n) is 2.73. The standard InChI is InChI=1S/C17H22N4O2S/c22-15(14-4-10-24-13-14)11-19-17(23)12-20-6-8-21(9-7-20)16-3-1-2-5-18-16/h1-5,10,13,15,22H,6-9,11-12H2,(H,19,23). The predicted molar refractivity (Wildman–Crippen MR) is 95.2 cm³/mol. The van der Waals surface area contributed by atoms with Crippen LogP contribution in [0.5, 0.6) is 0 Å². The Morgan fingerprint density at radius 2 is 2.12 bits per heavy atom. The van der Waals surface area contributed by atoms with Crippen LogP contribution in [0.25, 0.3) is 0 Å². The van der Waals surface area contributed by atoms with Crippen LogP contribution in [-0.2, 0) is 4.79 Å². The van der Waals surface area contributed by atoms with Gasteiger partial charge in [0.2, 0.25) is 5.91 Å². The normalized spacial score (nSPS) is 16.8. The monoisotopic (exact) mass is 346 g/mol. The number of carbonyl (C=O) groups is 1. The molecule has 0 spiro atoms. The van der Waals surface area contributed by atoms with Gasteiger partial charge >= 0.3 is 0 Å². The van der Waals surface area contributed by atoms with Gasteiger partial charge in [-0.25, -0.2) is 4.98 Å². The minimum absolute atomic E-state index is 0.0458. The number of pyridine rings is 1. The summed E-state index contributed by atoms with van der Waals surface area (Å²) in [6.07, 6.45) is 1.16. The molecule has 7 heteroatoms. The molecule has 2 aromatic rings. The van der Waals surface area contributed by atoms with Gasteiger partial charge in [0.1, 0.15) is 5.82 Å². The van der Waals surface area contributed by atoms with Gasteiger partial charge < -0.3 is 15.3 Å². The number of rotatable bonds is 6. The highest BCUT2D eigenvalue weighted by atomic mass is 32.1. The highest BCUT2D eigenvalue weighted by Crippen LogP contribution is 2.15. The Balaban J connectivity index is 1.39. The molecule has 1 saturated heterocycles. The smallest absolute Gasteiger partial charge is 0.234 e. The number of thiophene rings is 1. The fourth-order valence-corrected chi connectivity index (χ4v) is 3.43. The van der Waals surface area contributed by atoms with Crippen molar-refractivity contribution in [1.82, 2.24) is 15.2 Å². The Bertz CT molecular complexity index is 627. The lowest BCUT2D eigenvalue weighted by Crippen LogP contribution is -2.50. The summed E-state index contributed by atoms with van der Waals surface area (Å²) < 4.78 is 0. The van der Waals surface area contributed by atoms with Gasteiger partial charge in [0.05, 0.1) is 12.6 Å². The van der Waals surface area contributed by atoms with E-state index < -0.39 is 6.10 Å². The highest BCUT2D eigenvalue weighted by molar-refractivity contribution is 7.07. The van der Waals surface area contributed by atoms with Crippen LogP contribution in [-0.4, -0.2) is 60.2 Å². The molecule has 3 heterocycles. The van der Waals surface area contributed by atoms with Crippen LogP contribution in [0.4, 0.5) is 5.82 Å². The zero-order valence-corrected chi connectivity index (χ0v) is 14.3. The molecule has 1 unspecified atom stereocenters. The lowest BCUT2D eigenvalue weighted by Gasteiger charge is -2.35. The minimum Gasteiger partial charge on any atom is -0.387 e. The van der Waals surface area contributed by atoms with Gasteiger partial charge in [0, 0.05) is 38.9 Å². The van der Waals surface area contributed by atoms with E-state index in [1.807, 2.05) is 35.0 Å². The SMILES string of the molecule is O=C(CN1CCN(c2ccccn2)CC1)NCC(O)c1ccsc1. The van der Waals surface area contributed by atoms with Gasteiger partial charge in [0.25, 0.3) is 0 Å². The Kier molecular flexibility index (Phi) is 5.79. The zero-order valence-electron chi connectivity index (χ0n) is 13.5. The summed E-state index contributed by atoms with van der Waals surface area (Å²) in [6.45, 7) is 4.01. The molecule has 2 N–H and O–H groups in total. The molecule has 1 fully saturated rings. The van der Waals surface area contributed by atoms with Crippen molar-refractivity contribution < 1.29 is 9.90 Å². The van der Waals surface area contributed by atoms with E-state index in [9.17, 15) is 9.90 Å². The summed E-state index contributed by atoms with van der Waals surface area (Å²) in [6, 6.07) is 7.78. The van der Waals surface area contributed by atoms with Crippen LogP contribution in [0.15, 0.2) is 41.2 Å². The molecule has 0 aromatic carbocycles. The van der Waals surface area contributed by atoms with Crippen LogP contribution in [0.2, 0.25) is 0 Å². The van der Waals surface area contributed by atoms with Gasteiger partial charge in [-0.15, -0.1) is 0 Å². The Morgan fingerprint density at radius 3 is 2.79 bits per heavy atom. The molecule has 6 nitrogen and oxygen atoms in total. The predicted octanol–water partition coefficient (Wildman–Crippen LogP) is 1.11. The van der Waals surface area contributed by atoms with Crippen LogP contribution >= 0.6 is 11.3 Å². The second kappa shape index (κ2) is 8.23. The highest BCUT2D eigenvalue weighted by Gasteiger charge is 2.20. The topological polar surface area (TPSA) is 68.7 Å². The molecule has 2 aromatic heterocycles. The fraction of sp³-hybridized carbons (Fsp3) is 0.412. The van der Waals surface area contributed by atoms with Crippen LogP contribution in [0, 0.1) is 0 Å². The summed E-state index contributed by atoms with van der Waals surface area (Å²) in [5.41, 5.74) is 0.851. The average Bonchev–Trinajstić information content (AvgIpc) is 3.16. The maximum Gasteiger partial charge on any atom is 0.234 e. The van der Waals surface area contributed by atoms with E-state index >= 15 is 0 Å². The Labute approximate surface area is 145 Å². The second-order valence-corrected chi connectivity index (χ2v) is 6.61. The summed E-state index contributed by atoms with van der Waals surface area (Å²) in [5, 5.41) is 16.6. The molecule has 0 aliphatic carbocycles. The number of hydrogen-bond acceptors (Lipinski definition) is 6.